The van der Waals surface area contributed by atoms with Crippen molar-refractivity contribution in [3.8, 4) is 56.0 Å². The van der Waals surface area contributed by atoms with Gasteiger partial charge in [-0.2, -0.15) is 0 Å². The third-order valence-electron chi connectivity index (χ3n) is 11.7. The summed E-state index contributed by atoms with van der Waals surface area (Å²) in [4.78, 5) is 4.61. The lowest BCUT2D eigenvalue weighted by Gasteiger charge is -2.31. The van der Waals surface area contributed by atoms with Crippen LogP contribution in [0, 0.1) is 0 Å². The van der Waals surface area contributed by atoms with E-state index in [1.165, 1.54) is 27.8 Å². The summed E-state index contributed by atoms with van der Waals surface area (Å²) in [7, 11) is 0. The first-order valence-corrected chi connectivity index (χ1v) is 20.8. The summed E-state index contributed by atoms with van der Waals surface area (Å²) in [5.41, 5.74) is 15.7. The molecular weight excluding hydrogens is 741 g/mol. The predicted octanol–water partition coefficient (Wildman–Crippen LogP) is 16.6. The summed E-state index contributed by atoms with van der Waals surface area (Å²) < 4.78 is 7.08. The Kier molecular flexibility index (Phi) is 9.18. The van der Waals surface area contributed by atoms with E-state index in [-0.39, 0.29) is 0 Å². The molecule has 0 bridgehead atoms. The van der Waals surface area contributed by atoms with Gasteiger partial charge in [-0.25, -0.2) is 0 Å². The highest BCUT2D eigenvalue weighted by Gasteiger charge is 2.27. The van der Waals surface area contributed by atoms with Crippen LogP contribution in [0.3, 0.4) is 0 Å². The average molecular weight is 781 g/mol. The fourth-order valence-corrected chi connectivity index (χ4v) is 8.75. The Hall–Kier alpha value is -8.14. The van der Waals surface area contributed by atoms with Crippen molar-refractivity contribution in [2.45, 2.75) is 0 Å². The van der Waals surface area contributed by atoms with Gasteiger partial charge in [0.15, 0.2) is 5.75 Å². The molecule has 0 saturated heterocycles. The van der Waals surface area contributed by atoms with Crippen molar-refractivity contribution in [1.29, 1.82) is 0 Å². The molecule has 10 aromatic rings. The van der Waals surface area contributed by atoms with Crippen molar-refractivity contribution in [3.05, 3.63) is 243 Å². The number of fused-ring (bicyclic) bond motifs is 2. The molecule has 0 unspecified atom stereocenters. The Morgan fingerprint density at radius 1 is 0.262 bits per heavy atom. The maximum absolute atomic E-state index is 7.08. The number of hydrogen-bond donors (Lipinski definition) is 0. The van der Waals surface area contributed by atoms with Gasteiger partial charge in [-0.15, -0.1) is 0 Å². The number of hydrogen-bond acceptors (Lipinski definition) is 3. The van der Waals surface area contributed by atoms with E-state index in [1.807, 2.05) is 0 Å². The minimum Gasteiger partial charge on any atom is -0.454 e. The molecular formula is C58H40N2O. The molecule has 0 aliphatic carbocycles. The quantitative estimate of drug-likeness (QED) is 0.145. The summed E-state index contributed by atoms with van der Waals surface area (Å²) in [6, 6.07) is 86.2. The standard InChI is InChI=1S/C58H40N2O/c1-5-15-41(16-6-1)43-27-33-49(34-28-43)60(50-35-29-44(30-36-50)42-17-7-2-8-18-42)55-26-14-25-54-53-24-13-23-52-51(39-40-56(57(52)53)61-58(54)55)45-31-37-48(38-32-45)59(46-19-9-3-10-20-46)47-21-11-4-12-22-47/h1-40H. The first-order chi connectivity index (χ1) is 30.3. The van der Waals surface area contributed by atoms with Gasteiger partial charge in [0.1, 0.15) is 5.75 Å². The third-order valence-corrected chi connectivity index (χ3v) is 11.7. The number of nitrogens with zero attached hydrogens (tertiary/aromatic N) is 2. The SMILES string of the molecule is c1ccc(-c2ccc(N(c3ccc(-c4ccccc4)cc3)c3cccc4c3Oc3ccc(-c5ccc(N(c6ccccc6)c6ccccc6)cc5)c5cccc-4c35)cc2)cc1. The molecule has 0 spiro atoms. The monoisotopic (exact) mass is 780 g/mol. The molecule has 0 N–H and O–H groups in total. The molecule has 0 amide bonds. The highest BCUT2D eigenvalue weighted by Crippen LogP contribution is 2.54. The summed E-state index contributed by atoms with van der Waals surface area (Å²) in [5, 5.41) is 2.28. The van der Waals surface area contributed by atoms with Crippen LogP contribution in [0.4, 0.5) is 34.1 Å². The van der Waals surface area contributed by atoms with Crippen LogP contribution >= 0.6 is 0 Å². The van der Waals surface area contributed by atoms with Gasteiger partial charge in [-0.3, -0.25) is 0 Å². The average Bonchev–Trinajstić information content (AvgIpc) is 3.34. The molecule has 10 aromatic carbocycles. The molecule has 11 rings (SSSR count). The van der Waals surface area contributed by atoms with E-state index in [1.54, 1.807) is 0 Å². The zero-order valence-electron chi connectivity index (χ0n) is 33.4. The molecule has 3 nitrogen and oxygen atoms in total. The number of ether oxygens (including phenoxy) is 1. The number of anilines is 6. The smallest absolute Gasteiger partial charge is 0.159 e. The second-order valence-electron chi connectivity index (χ2n) is 15.3. The molecule has 0 atom stereocenters. The maximum atomic E-state index is 7.08. The summed E-state index contributed by atoms with van der Waals surface area (Å²) in [5.74, 6) is 1.69. The maximum Gasteiger partial charge on any atom is 0.159 e. The van der Waals surface area contributed by atoms with Gasteiger partial charge in [0.25, 0.3) is 0 Å². The molecule has 61 heavy (non-hydrogen) atoms. The van der Waals surface area contributed by atoms with Crippen molar-refractivity contribution < 1.29 is 4.74 Å². The zero-order valence-corrected chi connectivity index (χ0v) is 33.4. The molecule has 1 heterocycles. The molecule has 288 valence electrons. The molecule has 0 fully saturated rings. The molecule has 0 aromatic heterocycles. The molecule has 0 saturated carbocycles. The van der Waals surface area contributed by atoms with Gasteiger partial charge in [-0.05, 0) is 117 Å². The Bertz CT molecular complexity index is 2990. The zero-order chi connectivity index (χ0) is 40.5. The van der Waals surface area contributed by atoms with Gasteiger partial charge >= 0.3 is 0 Å². The molecule has 1 aliphatic rings. The van der Waals surface area contributed by atoms with Crippen LogP contribution in [0.2, 0.25) is 0 Å². The number of para-hydroxylation sites is 3. The van der Waals surface area contributed by atoms with Gasteiger partial charge in [0.05, 0.1) is 5.69 Å². The molecule has 0 radical (unpaired) electrons. The Morgan fingerprint density at radius 2 is 0.689 bits per heavy atom. The Balaban J connectivity index is 0.995. The topological polar surface area (TPSA) is 15.7 Å². The Labute approximate surface area is 356 Å². The van der Waals surface area contributed by atoms with Crippen LogP contribution < -0.4 is 14.5 Å². The summed E-state index contributed by atoms with van der Waals surface area (Å²) >= 11 is 0. The van der Waals surface area contributed by atoms with Crippen LogP contribution in [0.15, 0.2) is 243 Å². The van der Waals surface area contributed by atoms with Crippen molar-refractivity contribution in [3.63, 3.8) is 0 Å². The largest absolute Gasteiger partial charge is 0.454 e. The van der Waals surface area contributed by atoms with Crippen LogP contribution in [0.1, 0.15) is 0 Å². The minimum absolute atomic E-state index is 0.834. The van der Waals surface area contributed by atoms with E-state index >= 15 is 0 Å². The van der Waals surface area contributed by atoms with E-state index in [0.717, 1.165) is 73.1 Å². The van der Waals surface area contributed by atoms with Gasteiger partial charge in [-0.1, -0.05) is 170 Å². The van der Waals surface area contributed by atoms with Crippen LogP contribution in [-0.4, -0.2) is 0 Å². The lowest BCUT2D eigenvalue weighted by molar-refractivity contribution is 0.488. The van der Waals surface area contributed by atoms with Crippen LogP contribution in [0.25, 0.3) is 55.3 Å². The van der Waals surface area contributed by atoms with Crippen LogP contribution in [0.5, 0.6) is 11.5 Å². The van der Waals surface area contributed by atoms with Gasteiger partial charge < -0.3 is 14.5 Å². The lowest BCUT2D eigenvalue weighted by atomic mass is 9.90. The van der Waals surface area contributed by atoms with Crippen molar-refractivity contribution in [1.82, 2.24) is 0 Å². The normalized spacial score (nSPS) is 11.4. The number of benzene rings is 10. The summed E-state index contributed by atoms with van der Waals surface area (Å²) in [6.45, 7) is 0. The van der Waals surface area contributed by atoms with Crippen molar-refractivity contribution in [2.75, 3.05) is 9.80 Å². The first kappa shape index (κ1) is 36.0. The van der Waals surface area contributed by atoms with Crippen molar-refractivity contribution in [2.24, 2.45) is 0 Å². The fraction of sp³-hybridized carbons (Fsp3) is 0. The molecule has 1 aliphatic heterocycles. The Morgan fingerprint density at radius 3 is 1.23 bits per heavy atom. The molecule has 3 heteroatoms. The first-order valence-electron chi connectivity index (χ1n) is 20.8. The van der Waals surface area contributed by atoms with E-state index in [2.05, 4.69) is 252 Å². The highest BCUT2D eigenvalue weighted by molar-refractivity contribution is 6.11. The fourth-order valence-electron chi connectivity index (χ4n) is 8.75. The van der Waals surface area contributed by atoms with E-state index < -0.39 is 0 Å². The van der Waals surface area contributed by atoms with E-state index in [9.17, 15) is 0 Å². The number of rotatable bonds is 9. The predicted molar refractivity (Wildman–Crippen MR) is 255 cm³/mol. The van der Waals surface area contributed by atoms with Gasteiger partial charge in [0.2, 0.25) is 0 Å². The second kappa shape index (κ2) is 15.6. The second-order valence-corrected chi connectivity index (χ2v) is 15.3. The third kappa shape index (κ3) is 6.69. The van der Waals surface area contributed by atoms with Crippen LogP contribution in [-0.2, 0) is 0 Å². The van der Waals surface area contributed by atoms with E-state index in [0.29, 0.717) is 0 Å². The highest BCUT2D eigenvalue weighted by atomic mass is 16.5. The minimum atomic E-state index is 0.834. The van der Waals surface area contributed by atoms with Gasteiger partial charge in [0, 0.05) is 39.4 Å². The lowest BCUT2D eigenvalue weighted by Crippen LogP contribution is -2.12. The van der Waals surface area contributed by atoms with E-state index in [4.69, 9.17) is 4.74 Å². The van der Waals surface area contributed by atoms with Crippen molar-refractivity contribution >= 4 is 44.9 Å². The summed E-state index contributed by atoms with van der Waals surface area (Å²) in [6.07, 6.45) is 0.